The first-order chi connectivity index (χ1) is 9.40. The summed E-state index contributed by atoms with van der Waals surface area (Å²) in [6, 6.07) is 3.60. The highest BCUT2D eigenvalue weighted by molar-refractivity contribution is 7.99. The minimum absolute atomic E-state index is 0.0257. The molecule has 0 fully saturated rings. The van der Waals surface area contributed by atoms with E-state index in [9.17, 15) is 18.8 Å². The number of nitrogens with zero attached hydrogens (tertiary/aromatic N) is 2. The minimum Gasteiger partial charge on any atom is -0.478 e. The van der Waals surface area contributed by atoms with E-state index < -0.39 is 22.9 Å². The zero-order valence-corrected chi connectivity index (χ0v) is 10.9. The molecule has 0 atom stereocenters. The Labute approximate surface area is 115 Å². The van der Waals surface area contributed by atoms with E-state index in [-0.39, 0.29) is 15.6 Å². The van der Waals surface area contributed by atoms with Gasteiger partial charge in [-0.05, 0) is 23.9 Å². The Bertz CT molecular complexity index is 799. The van der Waals surface area contributed by atoms with Crippen molar-refractivity contribution in [2.45, 2.75) is 10.1 Å². The van der Waals surface area contributed by atoms with Gasteiger partial charge in [0.1, 0.15) is 5.82 Å². The lowest BCUT2D eigenvalue weighted by Crippen LogP contribution is -2.33. The molecule has 9 heteroatoms. The molecular weight excluding hydrogens is 289 g/mol. The zero-order chi connectivity index (χ0) is 14.9. The molecule has 0 radical (unpaired) electrons. The molecule has 2 N–H and O–H groups in total. The molecule has 2 aromatic rings. The van der Waals surface area contributed by atoms with Crippen LogP contribution in [0.4, 0.5) is 4.39 Å². The summed E-state index contributed by atoms with van der Waals surface area (Å²) >= 11 is 0.645. The lowest BCUT2D eigenvalue weighted by molar-refractivity contribution is 0.0692. The van der Waals surface area contributed by atoms with E-state index in [1.165, 1.54) is 19.2 Å². The number of benzene rings is 1. The van der Waals surface area contributed by atoms with Gasteiger partial charge in [-0.15, -0.1) is 0 Å². The normalized spacial score (nSPS) is 10.5. The Morgan fingerprint density at radius 3 is 2.80 bits per heavy atom. The summed E-state index contributed by atoms with van der Waals surface area (Å²) in [6.07, 6.45) is 0. The standard InChI is InChI=1S/C11H8FN3O4S/c1-15-11(13-8(16)9(17)14-15)20-7-5(10(18)19)3-2-4-6(7)12/h2-4H,1H3,(H,14,17)(H,18,19). The molecule has 20 heavy (non-hydrogen) atoms. The second-order valence-electron chi connectivity index (χ2n) is 3.72. The number of aryl methyl sites for hydroxylation is 1. The Morgan fingerprint density at radius 1 is 1.45 bits per heavy atom. The van der Waals surface area contributed by atoms with Gasteiger partial charge in [-0.1, -0.05) is 6.07 Å². The van der Waals surface area contributed by atoms with Crippen LogP contribution in [0.2, 0.25) is 0 Å². The van der Waals surface area contributed by atoms with Crippen LogP contribution in [0.15, 0.2) is 37.8 Å². The van der Waals surface area contributed by atoms with Crippen molar-refractivity contribution >= 4 is 17.7 Å². The van der Waals surface area contributed by atoms with Crippen LogP contribution in [-0.4, -0.2) is 25.8 Å². The van der Waals surface area contributed by atoms with E-state index in [1.807, 2.05) is 0 Å². The largest absolute Gasteiger partial charge is 0.478 e. The van der Waals surface area contributed by atoms with Crippen molar-refractivity contribution in [1.29, 1.82) is 0 Å². The zero-order valence-electron chi connectivity index (χ0n) is 10.1. The van der Waals surface area contributed by atoms with Crippen molar-refractivity contribution in [2.24, 2.45) is 7.05 Å². The number of carboxylic acid groups (broad SMARTS) is 1. The van der Waals surface area contributed by atoms with Crippen LogP contribution in [0.3, 0.4) is 0 Å². The summed E-state index contributed by atoms with van der Waals surface area (Å²) < 4.78 is 14.9. The molecule has 0 amide bonds. The van der Waals surface area contributed by atoms with Gasteiger partial charge in [0.2, 0.25) is 0 Å². The summed E-state index contributed by atoms with van der Waals surface area (Å²) in [5.41, 5.74) is -2.20. The van der Waals surface area contributed by atoms with Crippen LogP contribution >= 0.6 is 11.8 Å². The highest BCUT2D eigenvalue weighted by Crippen LogP contribution is 2.30. The van der Waals surface area contributed by atoms with Gasteiger partial charge in [-0.3, -0.25) is 19.4 Å². The van der Waals surface area contributed by atoms with Crippen molar-refractivity contribution in [3.63, 3.8) is 0 Å². The molecule has 1 heterocycles. The fourth-order valence-corrected chi connectivity index (χ4v) is 2.35. The highest BCUT2D eigenvalue weighted by Gasteiger charge is 2.17. The third-order valence-electron chi connectivity index (χ3n) is 2.34. The molecule has 0 unspecified atom stereocenters. The average Bonchev–Trinajstić information content (AvgIpc) is 2.37. The van der Waals surface area contributed by atoms with Crippen LogP contribution in [0.25, 0.3) is 0 Å². The number of aromatic amines is 1. The lowest BCUT2D eigenvalue weighted by atomic mass is 10.2. The lowest BCUT2D eigenvalue weighted by Gasteiger charge is -2.08. The van der Waals surface area contributed by atoms with Crippen LogP contribution in [0, 0.1) is 5.82 Å². The molecule has 2 rings (SSSR count). The minimum atomic E-state index is -1.30. The van der Waals surface area contributed by atoms with Crippen LogP contribution in [0.1, 0.15) is 10.4 Å². The van der Waals surface area contributed by atoms with E-state index in [1.54, 1.807) is 0 Å². The summed E-state index contributed by atoms with van der Waals surface area (Å²) in [7, 11) is 1.40. The molecule has 0 aliphatic carbocycles. The molecule has 0 aliphatic rings. The highest BCUT2D eigenvalue weighted by atomic mass is 32.2. The van der Waals surface area contributed by atoms with Crippen LogP contribution in [0.5, 0.6) is 0 Å². The second-order valence-corrected chi connectivity index (χ2v) is 4.70. The third kappa shape index (κ3) is 2.62. The number of nitrogens with one attached hydrogen (secondary N) is 1. The van der Waals surface area contributed by atoms with Crippen LogP contribution in [-0.2, 0) is 7.05 Å². The van der Waals surface area contributed by atoms with E-state index in [2.05, 4.69) is 10.1 Å². The number of carboxylic acids is 1. The van der Waals surface area contributed by atoms with Gasteiger partial charge in [0.25, 0.3) is 0 Å². The first kappa shape index (κ1) is 14.0. The van der Waals surface area contributed by atoms with Crippen molar-refractivity contribution in [1.82, 2.24) is 14.8 Å². The fraction of sp³-hybridized carbons (Fsp3) is 0.0909. The first-order valence-electron chi connectivity index (χ1n) is 5.27. The quantitative estimate of drug-likeness (QED) is 0.797. The van der Waals surface area contributed by atoms with Crippen molar-refractivity contribution in [3.05, 3.63) is 50.3 Å². The maximum absolute atomic E-state index is 13.7. The summed E-state index contributed by atoms with van der Waals surface area (Å²) in [6.45, 7) is 0. The van der Waals surface area contributed by atoms with Gasteiger partial charge in [0.15, 0.2) is 5.16 Å². The number of aromatic carboxylic acids is 1. The first-order valence-corrected chi connectivity index (χ1v) is 6.09. The van der Waals surface area contributed by atoms with Crippen molar-refractivity contribution in [3.8, 4) is 0 Å². The summed E-state index contributed by atoms with van der Waals surface area (Å²) in [5.74, 6) is -2.06. The van der Waals surface area contributed by atoms with E-state index in [0.717, 1.165) is 10.7 Å². The summed E-state index contributed by atoms with van der Waals surface area (Å²) in [4.78, 5) is 36.6. The molecule has 1 aromatic heterocycles. The molecule has 0 saturated heterocycles. The Morgan fingerprint density at radius 2 is 2.15 bits per heavy atom. The maximum atomic E-state index is 13.7. The maximum Gasteiger partial charge on any atom is 0.339 e. The molecule has 0 spiro atoms. The molecule has 1 aromatic carbocycles. The number of hydrogen-bond acceptors (Lipinski definition) is 5. The predicted octanol–water partition coefficient (Wildman–Crippen LogP) is 0.457. The topological polar surface area (TPSA) is 105 Å². The van der Waals surface area contributed by atoms with E-state index in [0.29, 0.717) is 11.8 Å². The van der Waals surface area contributed by atoms with Gasteiger partial charge in [0.05, 0.1) is 10.5 Å². The average molecular weight is 297 g/mol. The number of rotatable bonds is 3. The smallest absolute Gasteiger partial charge is 0.339 e. The molecule has 0 aliphatic heterocycles. The van der Waals surface area contributed by atoms with E-state index in [4.69, 9.17) is 5.11 Å². The van der Waals surface area contributed by atoms with Gasteiger partial charge in [-0.2, -0.15) is 4.98 Å². The summed E-state index contributed by atoms with van der Waals surface area (Å²) in [5, 5.41) is 11.2. The number of hydrogen-bond donors (Lipinski definition) is 2. The number of carbonyl (C=O) groups is 1. The number of aromatic nitrogens is 3. The number of H-pyrrole nitrogens is 1. The molecule has 0 saturated carbocycles. The van der Waals surface area contributed by atoms with Gasteiger partial charge in [-0.25, -0.2) is 9.18 Å². The fourth-order valence-electron chi connectivity index (χ4n) is 1.42. The predicted molar refractivity (Wildman–Crippen MR) is 67.6 cm³/mol. The molecular formula is C11H8FN3O4S. The van der Waals surface area contributed by atoms with Gasteiger partial charge < -0.3 is 5.11 Å². The van der Waals surface area contributed by atoms with Crippen molar-refractivity contribution < 1.29 is 14.3 Å². The second kappa shape index (κ2) is 5.29. The monoisotopic (exact) mass is 297 g/mol. The van der Waals surface area contributed by atoms with Crippen LogP contribution < -0.4 is 11.1 Å². The third-order valence-corrected chi connectivity index (χ3v) is 3.51. The van der Waals surface area contributed by atoms with Gasteiger partial charge in [0, 0.05) is 7.05 Å². The van der Waals surface area contributed by atoms with Gasteiger partial charge >= 0.3 is 17.1 Å². The Hall–Kier alpha value is -2.42. The number of halogens is 1. The SMILES string of the molecule is Cn1[nH]c(=O)c(=O)nc1Sc1c(F)cccc1C(=O)O. The van der Waals surface area contributed by atoms with E-state index >= 15 is 0 Å². The Balaban J connectivity index is 2.56. The molecule has 104 valence electrons. The van der Waals surface area contributed by atoms with Crippen molar-refractivity contribution in [2.75, 3.05) is 0 Å². The molecule has 7 nitrogen and oxygen atoms in total. The Kier molecular flexibility index (Phi) is 3.70. The molecule has 0 bridgehead atoms.